The van der Waals surface area contributed by atoms with E-state index in [1.54, 1.807) is 18.2 Å². The predicted octanol–water partition coefficient (Wildman–Crippen LogP) is 0.774. The van der Waals surface area contributed by atoms with Gasteiger partial charge in [0.1, 0.15) is 0 Å². The number of benzene rings is 1. The molecular weight excluding hydrogens is 301 g/mol. The summed E-state index contributed by atoms with van der Waals surface area (Å²) in [6, 6.07) is 4.45. The lowest BCUT2D eigenvalue weighted by atomic mass is 10.2. The standard InChI is InChI=1S/C13H15Cl2N3O2/c14-8-2-3-9(15)10(6-8)18-12(19)7-11-13(20)17-5-1-4-16-11/h2-3,6,11,16H,1,4-5,7H2,(H,17,20)(H,18,19)/p+1/t11-/m1/s1. The fourth-order valence-corrected chi connectivity index (χ4v) is 2.38. The van der Waals surface area contributed by atoms with Crippen LogP contribution in [-0.4, -0.2) is 30.9 Å². The molecule has 0 aliphatic carbocycles. The van der Waals surface area contributed by atoms with Crippen molar-refractivity contribution < 1.29 is 14.9 Å². The third-order valence-electron chi connectivity index (χ3n) is 3.08. The van der Waals surface area contributed by atoms with Crippen molar-refractivity contribution in [1.29, 1.82) is 0 Å². The van der Waals surface area contributed by atoms with Crippen LogP contribution < -0.4 is 16.0 Å². The van der Waals surface area contributed by atoms with Crippen LogP contribution in [0.1, 0.15) is 12.8 Å². The maximum atomic E-state index is 12.0. The molecule has 1 saturated heterocycles. The molecule has 1 fully saturated rings. The van der Waals surface area contributed by atoms with E-state index in [4.69, 9.17) is 23.2 Å². The van der Waals surface area contributed by atoms with E-state index in [-0.39, 0.29) is 18.2 Å². The molecule has 1 aromatic carbocycles. The highest BCUT2D eigenvalue weighted by Crippen LogP contribution is 2.25. The van der Waals surface area contributed by atoms with Gasteiger partial charge in [-0.2, -0.15) is 0 Å². The summed E-state index contributed by atoms with van der Waals surface area (Å²) >= 11 is 11.8. The molecule has 2 amide bonds. The molecule has 1 aliphatic rings. The number of halogens is 2. The molecule has 108 valence electrons. The van der Waals surface area contributed by atoms with Gasteiger partial charge in [-0.25, -0.2) is 0 Å². The van der Waals surface area contributed by atoms with E-state index in [1.807, 2.05) is 5.32 Å². The van der Waals surface area contributed by atoms with Gasteiger partial charge in [-0.15, -0.1) is 0 Å². The number of amides is 2. The second kappa shape index (κ2) is 6.92. The van der Waals surface area contributed by atoms with Crippen molar-refractivity contribution >= 4 is 40.7 Å². The topological polar surface area (TPSA) is 74.8 Å². The van der Waals surface area contributed by atoms with Crippen molar-refractivity contribution in [1.82, 2.24) is 5.32 Å². The van der Waals surface area contributed by atoms with Crippen molar-refractivity contribution in [3.8, 4) is 0 Å². The van der Waals surface area contributed by atoms with Crippen molar-refractivity contribution in [2.75, 3.05) is 18.4 Å². The summed E-state index contributed by atoms with van der Waals surface area (Å²) in [5.74, 6) is -0.359. The van der Waals surface area contributed by atoms with Gasteiger partial charge in [-0.3, -0.25) is 9.59 Å². The first-order chi connectivity index (χ1) is 9.56. The maximum absolute atomic E-state index is 12.0. The van der Waals surface area contributed by atoms with Crippen LogP contribution in [0, 0.1) is 0 Å². The molecule has 0 radical (unpaired) electrons. The number of quaternary nitrogens is 1. The molecule has 0 unspecified atom stereocenters. The minimum absolute atomic E-state index is 0.102. The Morgan fingerprint density at radius 2 is 2.25 bits per heavy atom. The number of carbonyl (C=O) groups excluding carboxylic acids is 2. The van der Waals surface area contributed by atoms with Crippen molar-refractivity contribution in [2.24, 2.45) is 0 Å². The first-order valence-electron chi connectivity index (χ1n) is 6.42. The highest BCUT2D eigenvalue weighted by molar-refractivity contribution is 6.35. The zero-order chi connectivity index (χ0) is 14.5. The van der Waals surface area contributed by atoms with E-state index in [2.05, 4.69) is 10.6 Å². The molecule has 20 heavy (non-hydrogen) atoms. The Kier molecular flexibility index (Phi) is 5.23. The van der Waals surface area contributed by atoms with Gasteiger partial charge in [-0.05, 0) is 18.2 Å². The van der Waals surface area contributed by atoms with E-state index in [9.17, 15) is 9.59 Å². The Labute approximate surface area is 127 Å². The van der Waals surface area contributed by atoms with Crippen molar-refractivity contribution in [3.63, 3.8) is 0 Å². The minimum atomic E-state index is -0.393. The van der Waals surface area contributed by atoms with Crippen molar-refractivity contribution in [2.45, 2.75) is 18.9 Å². The van der Waals surface area contributed by atoms with Gasteiger partial charge in [-0.1, -0.05) is 23.2 Å². The van der Waals surface area contributed by atoms with Crippen LogP contribution in [0.25, 0.3) is 0 Å². The number of rotatable bonds is 3. The second-order valence-corrected chi connectivity index (χ2v) is 5.50. The summed E-state index contributed by atoms with van der Waals surface area (Å²) in [6.07, 6.45) is 1.01. The van der Waals surface area contributed by atoms with Gasteiger partial charge in [0.2, 0.25) is 5.91 Å². The third-order valence-corrected chi connectivity index (χ3v) is 3.64. The molecule has 0 bridgehead atoms. The highest BCUT2D eigenvalue weighted by Gasteiger charge is 2.26. The average Bonchev–Trinajstić information content (AvgIpc) is 2.59. The van der Waals surface area contributed by atoms with Crippen LogP contribution in [0.2, 0.25) is 10.0 Å². The molecule has 1 aromatic rings. The average molecular weight is 317 g/mol. The van der Waals surface area contributed by atoms with E-state index in [0.717, 1.165) is 13.0 Å². The summed E-state index contributed by atoms with van der Waals surface area (Å²) in [6.45, 7) is 1.49. The Bertz CT molecular complexity index is 522. The third kappa shape index (κ3) is 4.10. The molecule has 7 heteroatoms. The molecule has 1 aliphatic heterocycles. The fourth-order valence-electron chi connectivity index (χ4n) is 2.04. The van der Waals surface area contributed by atoms with Gasteiger partial charge in [0.05, 0.1) is 23.7 Å². The summed E-state index contributed by atoms with van der Waals surface area (Å²) < 4.78 is 0. The smallest absolute Gasteiger partial charge is 0.278 e. The van der Waals surface area contributed by atoms with Crippen LogP contribution >= 0.6 is 23.2 Å². The van der Waals surface area contributed by atoms with Gasteiger partial charge in [0, 0.05) is 18.0 Å². The Morgan fingerprint density at radius 1 is 1.45 bits per heavy atom. The number of hydrogen-bond acceptors (Lipinski definition) is 2. The zero-order valence-corrected chi connectivity index (χ0v) is 12.3. The SMILES string of the molecule is O=C(C[C@H]1[NH2+]CCCNC1=O)Nc1cc(Cl)ccc1Cl. The van der Waals surface area contributed by atoms with Crippen LogP contribution in [0.3, 0.4) is 0 Å². The molecular formula is C13H16Cl2N3O2+. The normalized spacial score (nSPS) is 19.1. The Hall–Kier alpha value is -1.30. The quantitative estimate of drug-likeness (QED) is 0.770. The molecule has 2 rings (SSSR count). The number of nitrogens with two attached hydrogens (primary N) is 1. The van der Waals surface area contributed by atoms with E-state index in [1.165, 1.54) is 0 Å². The number of hydrogen-bond donors (Lipinski definition) is 3. The van der Waals surface area contributed by atoms with E-state index in [0.29, 0.717) is 22.3 Å². The van der Waals surface area contributed by atoms with Gasteiger partial charge in [0.25, 0.3) is 5.91 Å². The Balaban J connectivity index is 1.97. The molecule has 0 saturated carbocycles. The largest absolute Gasteiger partial charge is 0.351 e. The highest BCUT2D eigenvalue weighted by atomic mass is 35.5. The molecule has 4 N–H and O–H groups in total. The fraction of sp³-hybridized carbons (Fsp3) is 0.385. The minimum Gasteiger partial charge on any atom is -0.351 e. The number of nitrogens with one attached hydrogen (secondary N) is 2. The second-order valence-electron chi connectivity index (χ2n) is 4.65. The molecule has 5 nitrogen and oxygen atoms in total. The van der Waals surface area contributed by atoms with Gasteiger partial charge >= 0.3 is 0 Å². The molecule has 0 spiro atoms. The maximum Gasteiger partial charge on any atom is 0.278 e. The summed E-state index contributed by atoms with van der Waals surface area (Å²) in [5, 5.41) is 8.26. The van der Waals surface area contributed by atoms with Gasteiger partial charge < -0.3 is 16.0 Å². The van der Waals surface area contributed by atoms with Crippen LogP contribution in [0.5, 0.6) is 0 Å². The van der Waals surface area contributed by atoms with E-state index < -0.39 is 6.04 Å². The summed E-state index contributed by atoms with van der Waals surface area (Å²) in [4.78, 5) is 23.7. The molecule has 0 aromatic heterocycles. The number of carbonyl (C=O) groups is 2. The summed E-state index contributed by atoms with van der Waals surface area (Å²) in [5.41, 5.74) is 0.457. The van der Waals surface area contributed by atoms with Crippen LogP contribution in [0.15, 0.2) is 18.2 Å². The lowest BCUT2D eigenvalue weighted by Crippen LogP contribution is -2.92. The lowest BCUT2D eigenvalue weighted by Gasteiger charge is -2.12. The lowest BCUT2D eigenvalue weighted by molar-refractivity contribution is -0.674. The molecule has 1 atom stereocenters. The number of anilines is 1. The van der Waals surface area contributed by atoms with Crippen molar-refractivity contribution in [3.05, 3.63) is 28.2 Å². The zero-order valence-electron chi connectivity index (χ0n) is 10.8. The Morgan fingerprint density at radius 3 is 3.05 bits per heavy atom. The molecule has 1 heterocycles. The predicted molar refractivity (Wildman–Crippen MR) is 77.9 cm³/mol. The monoisotopic (exact) mass is 316 g/mol. The van der Waals surface area contributed by atoms with E-state index >= 15 is 0 Å². The summed E-state index contributed by atoms with van der Waals surface area (Å²) in [7, 11) is 0. The first kappa shape index (κ1) is 15.1. The van der Waals surface area contributed by atoms with Crippen LogP contribution in [0.4, 0.5) is 5.69 Å². The van der Waals surface area contributed by atoms with Gasteiger partial charge in [0.15, 0.2) is 6.04 Å². The first-order valence-corrected chi connectivity index (χ1v) is 7.18. The van der Waals surface area contributed by atoms with Crippen LogP contribution in [-0.2, 0) is 9.59 Å².